The van der Waals surface area contributed by atoms with Crippen molar-refractivity contribution < 1.29 is 4.74 Å². The van der Waals surface area contributed by atoms with E-state index in [1.165, 1.54) is 25.7 Å². The van der Waals surface area contributed by atoms with E-state index in [1.54, 1.807) is 0 Å². The molecule has 0 aromatic rings. The summed E-state index contributed by atoms with van der Waals surface area (Å²) in [7, 11) is 2.12. The van der Waals surface area contributed by atoms with Gasteiger partial charge in [0.2, 0.25) is 0 Å². The minimum Gasteiger partial charge on any atom is -0.376 e. The Labute approximate surface area is 112 Å². The first-order valence-corrected chi connectivity index (χ1v) is 7.70. The van der Waals surface area contributed by atoms with Crippen molar-refractivity contribution in [2.24, 2.45) is 5.92 Å². The molecule has 1 aliphatic heterocycles. The van der Waals surface area contributed by atoms with Crippen LogP contribution >= 0.6 is 0 Å². The zero-order chi connectivity index (χ0) is 13.1. The van der Waals surface area contributed by atoms with Gasteiger partial charge in [0.05, 0.1) is 12.7 Å². The van der Waals surface area contributed by atoms with Crippen molar-refractivity contribution in [3.05, 3.63) is 0 Å². The van der Waals surface area contributed by atoms with Gasteiger partial charge in [-0.2, -0.15) is 0 Å². The zero-order valence-electron chi connectivity index (χ0n) is 12.5. The van der Waals surface area contributed by atoms with Gasteiger partial charge in [-0.1, -0.05) is 13.3 Å². The number of hydrogen-bond donors (Lipinski definition) is 1. The summed E-state index contributed by atoms with van der Waals surface area (Å²) in [4.78, 5) is 2.71. The SMILES string of the molecule is CCC1CCC(NC)C(N2CC(C)OCC2C)C1. The average Bonchev–Trinajstić information content (AvgIpc) is 2.40. The highest BCUT2D eigenvalue weighted by atomic mass is 16.5. The normalized spacial score (nSPS) is 43.0. The Kier molecular flexibility index (Phi) is 5.05. The molecule has 3 nitrogen and oxygen atoms in total. The summed E-state index contributed by atoms with van der Waals surface area (Å²) in [5.74, 6) is 0.921. The van der Waals surface area contributed by atoms with Crippen LogP contribution in [-0.4, -0.2) is 49.3 Å². The quantitative estimate of drug-likeness (QED) is 0.836. The molecule has 106 valence electrons. The van der Waals surface area contributed by atoms with E-state index in [4.69, 9.17) is 4.74 Å². The van der Waals surface area contributed by atoms with Gasteiger partial charge in [-0.15, -0.1) is 0 Å². The molecule has 0 spiro atoms. The number of nitrogens with one attached hydrogen (secondary N) is 1. The van der Waals surface area contributed by atoms with Gasteiger partial charge in [0.15, 0.2) is 0 Å². The molecule has 2 aliphatic rings. The highest BCUT2D eigenvalue weighted by Crippen LogP contribution is 2.32. The van der Waals surface area contributed by atoms with E-state index in [0.29, 0.717) is 24.2 Å². The van der Waals surface area contributed by atoms with Gasteiger partial charge in [-0.05, 0) is 46.1 Å². The van der Waals surface area contributed by atoms with Crippen LogP contribution in [0.1, 0.15) is 46.5 Å². The van der Waals surface area contributed by atoms with Crippen molar-refractivity contribution in [3.8, 4) is 0 Å². The molecule has 5 unspecified atom stereocenters. The van der Waals surface area contributed by atoms with Gasteiger partial charge in [0, 0.05) is 24.7 Å². The van der Waals surface area contributed by atoms with Crippen LogP contribution in [0.3, 0.4) is 0 Å². The zero-order valence-corrected chi connectivity index (χ0v) is 12.5. The maximum Gasteiger partial charge on any atom is 0.0674 e. The summed E-state index contributed by atoms with van der Waals surface area (Å²) >= 11 is 0. The lowest BCUT2D eigenvalue weighted by Gasteiger charge is -2.48. The van der Waals surface area contributed by atoms with Crippen molar-refractivity contribution in [1.29, 1.82) is 0 Å². The Hall–Kier alpha value is -0.120. The fourth-order valence-corrected chi connectivity index (χ4v) is 3.70. The van der Waals surface area contributed by atoms with Gasteiger partial charge >= 0.3 is 0 Å². The summed E-state index contributed by atoms with van der Waals surface area (Å²) in [5.41, 5.74) is 0. The van der Waals surface area contributed by atoms with Crippen molar-refractivity contribution >= 4 is 0 Å². The molecule has 0 amide bonds. The number of ether oxygens (including phenoxy) is 1. The predicted molar refractivity (Wildman–Crippen MR) is 75.8 cm³/mol. The maximum absolute atomic E-state index is 5.77. The van der Waals surface area contributed by atoms with E-state index in [2.05, 4.69) is 38.0 Å². The van der Waals surface area contributed by atoms with Gasteiger partial charge in [-0.3, -0.25) is 4.90 Å². The van der Waals surface area contributed by atoms with Crippen LogP contribution in [0, 0.1) is 5.92 Å². The largest absolute Gasteiger partial charge is 0.376 e. The van der Waals surface area contributed by atoms with Crippen LogP contribution in [0.15, 0.2) is 0 Å². The Bertz CT molecular complexity index is 259. The highest BCUT2D eigenvalue weighted by molar-refractivity contribution is 4.93. The number of rotatable bonds is 3. The molecule has 0 bridgehead atoms. The molecule has 0 aromatic heterocycles. The van der Waals surface area contributed by atoms with E-state index in [-0.39, 0.29) is 0 Å². The Morgan fingerprint density at radius 3 is 2.72 bits per heavy atom. The van der Waals surface area contributed by atoms with Gasteiger partial charge in [0.25, 0.3) is 0 Å². The van der Waals surface area contributed by atoms with E-state index >= 15 is 0 Å². The first kappa shape index (κ1) is 14.3. The van der Waals surface area contributed by atoms with Crippen molar-refractivity contribution in [3.63, 3.8) is 0 Å². The smallest absolute Gasteiger partial charge is 0.0674 e. The third-order valence-corrected chi connectivity index (χ3v) is 4.96. The summed E-state index contributed by atoms with van der Waals surface area (Å²) in [6.07, 6.45) is 5.81. The molecule has 2 rings (SSSR count). The van der Waals surface area contributed by atoms with E-state index in [9.17, 15) is 0 Å². The molecule has 1 saturated carbocycles. The molecule has 1 N–H and O–H groups in total. The van der Waals surface area contributed by atoms with Crippen LogP contribution in [0.5, 0.6) is 0 Å². The van der Waals surface area contributed by atoms with Crippen LogP contribution in [0.4, 0.5) is 0 Å². The summed E-state index contributed by atoms with van der Waals surface area (Å²) in [6, 6.07) is 1.94. The third-order valence-electron chi connectivity index (χ3n) is 4.96. The molecule has 18 heavy (non-hydrogen) atoms. The van der Waals surface area contributed by atoms with Gasteiger partial charge in [-0.25, -0.2) is 0 Å². The Balaban J connectivity index is 2.06. The lowest BCUT2D eigenvalue weighted by Crippen LogP contribution is -2.59. The summed E-state index contributed by atoms with van der Waals surface area (Å²) in [5, 5.41) is 3.55. The van der Waals surface area contributed by atoms with Crippen LogP contribution in [0.2, 0.25) is 0 Å². The van der Waals surface area contributed by atoms with Gasteiger partial charge in [0.1, 0.15) is 0 Å². The van der Waals surface area contributed by atoms with Crippen LogP contribution < -0.4 is 5.32 Å². The number of hydrogen-bond acceptors (Lipinski definition) is 3. The standard InChI is InChI=1S/C15H30N2O/c1-5-13-6-7-14(16-4)15(8-13)17-9-12(3)18-10-11(17)2/h11-16H,5-10H2,1-4H3. The Morgan fingerprint density at radius 2 is 2.06 bits per heavy atom. The molecule has 0 aromatic carbocycles. The summed E-state index contributed by atoms with van der Waals surface area (Å²) in [6.45, 7) is 8.85. The second-order valence-electron chi connectivity index (χ2n) is 6.24. The predicted octanol–water partition coefficient (Wildman–Crippen LogP) is 2.26. The van der Waals surface area contributed by atoms with E-state index < -0.39 is 0 Å². The lowest BCUT2D eigenvalue weighted by molar-refractivity contribution is -0.0795. The van der Waals surface area contributed by atoms with Crippen LogP contribution in [0.25, 0.3) is 0 Å². The first-order chi connectivity index (χ1) is 8.65. The minimum atomic E-state index is 0.390. The molecule has 2 fully saturated rings. The molecular formula is C15H30N2O. The van der Waals surface area contributed by atoms with E-state index in [0.717, 1.165) is 19.1 Å². The first-order valence-electron chi connectivity index (χ1n) is 7.70. The monoisotopic (exact) mass is 254 g/mol. The van der Waals surface area contributed by atoms with Crippen molar-refractivity contribution in [2.45, 2.75) is 70.7 Å². The highest BCUT2D eigenvalue weighted by Gasteiger charge is 2.37. The number of morpholine rings is 1. The van der Waals surface area contributed by atoms with E-state index in [1.807, 2.05) is 0 Å². The minimum absolute atomic E-state index is 0.390. The number of likely N-dealkylation sites (N-methyl/N-ethyl adjacent to an activating group) is 1. The number of nitrogens with zero attached hydrogens (tertiary/aromatic N) is 1. The molecule has 1 saturated heterocycles. The molecular weight excluding hydrogens is 224 g/mol. The molecule has 1 aliphatic carbocycles. The molecule has 1 heterocycles. The third kappa shape index (κ3) is 3.06. The second kappa shape index (κ2) is 6.36. The average molecular weight is 254 g/mol. The lowest BCUT2D eigenvalue weighted by atomic mass is 9.79. The molecule has 0 radical (unpaired) electrons. The molecule has 5 atom stereocenters. The van der Waals surface area contributed by atoms with Crippen molar-refractivity contribution in [1.82, 2.24) is 10.2 Å². The Morgan fingerprint density at radius 1 is 1.28 bits per heavy atom. The fourth-order valence-electron chi connectivity index (χ4n) is 3.70. The second-order valence-corrected chi connectivity index (χ2v) is 6.24. The topological polar surface area (TPSA) is 24.5 Å². The van der Waals surface area contributed by atoms with Crippen molar-refractivity contribution in [2.75, 3.05) is 20.2 Å². The molecule has 3 heteroatoms. The van der Waals surface area contributed by atoms with Crippen LogP contribution in [-0.2, 0) is 4.74 Å². The van der Waals surface area contributed by atoms with Gasteiger partial charge < -0.3 is 10.1 Å². The summed E-state index contributed by atoms with van der Waals surface area (Å²) < 4.78 is 5.77. The fraction of sp³-hybridized carbons (Fsp3) is 1.00. The maximum atomic E-state index is 5.77.